The molecule has 0 spiro atoms. The van der Waals surface area contributed by atoms with Gasteiger partial charge in [0.15, 0.2) is 11.5 Å². The number of alkyl halides is 2. The number of carbonyl (C=O) groups is 1. The van der Waals surface area contributed by atoms with Crippen LogP contribution in [0.5, 0.6) is 11.5 Å². The predicted molar refractivity (Wildman–Crippen MR) is 95.6 cm³/mol. The number of methoxy groups -OCH3 is 2. The van der Waals surface area contributed by atoms with Gasteiger partial charge < -0.3 is 24.8 Å². The van der Waals surface area contributed by atoms with Crippen LogP contribution in [-0.4, -0.2) is 53.0 Å². The maximum atomic E-state index is 12.4. The van der Waals surface area contributed by atoms with Crippen molar-refractivity contribution in [3.8, 4) is 11.5 Å². The second-order valence-corrected chi connectivity index (χ2v) is 6.11. The second kappa shape index (κ2) is 10.5. The summed E-state index contributed by atoms with van der Waals surface area (Å²) in [7, 11) is 2.98. The summed E-state index contributed by atoms with van der Waals surface area (Å²) in [5.74, 6) is -0.319. The van der Waals surface area contributed by atoms with Gasteiger partial charge in [-0.05, 0) is 44.1 Å². The van der Waals surface area contributed by atoms with Crippen molar-refractivity contribution in [3.63, 3.8) is 0 Å². The Morgan fingerprint density at radius 1 is 1.27 bits per heavy atom. The number of halogens is 3. The molecule has 0 saturated carbocycles. The van der Waals surface area contributed by atoms with E-state index in [1.54, 1.807) is 7.11 Å². The largest absolute Gasteiger partial charge is 0.493 e. The molecule has 0 unspecified atom stereocenters. The summed E-state index contributed by atoms with van der Waals surface area (Å²) in [4.78, 5) is 12.4. The molecule has 2 rings (SSSR count). The molecule has 1 heterocycles. The normalized spacial score (nSPS) is 15.9. The third-order valence-electron chi connectivity index (χ3n) is 4.38. The molecule has 1 aliphatic heterocycles. The molecule has 9 heteroatoms. The minimum atomic E-state index is -2.96. The van der Waals surface area contributed by atoms with E-state index >= 15 is 0 Å². The van der Waals surface area contributed by atoms with Gasteiger partial charge in [0.25, 0.3) is 5.91 Å². The van der Waals surface area contributed by atoms with Crippen LogP contribution < -0.4 is 20.1 Å². The molecule has 0 aromatic heterocycles. The first-order valence-electron chi connectivity index (χ1n) is 8.10. The average molecular weight is 395 g/mol. The Morgan fingerprint density at radius 2 is 1.96 bits per heavy atom. The highest BCUT2D eigenvalue weighted by Crippen LogP contribution is 2.30. The fourth-order valence-corrected chi connectivity index (χ4v) is 3.01. The molecule has 1 fully saturated rings. The fraction of sp³-hybridized carbons (Fsp3) is 0.588. The van der Waals surface area contributed by atoms with Crippen LogP contribution >= 0.6 is 12.4 Å². The standard InChI is InChI=1S/C17H24F2N2O4.ClH/c1-23-11-17(5-7-20-8-6-17)10-21-15(22)12-3-4-13(25-16(18)19)14(9-12)24-2;/h3-4,9,16,20H,5-8,10-11H2,1-2H3,(H,21,22);1H. The summed E-state index contributed by atoms with van der Waals surface area (Å²) in [6.07, 6.45) is 1.82. The molecule has 0 atom stereocenters. The smallest absolute Gasteiger partial charge is 0.387 e. The minimum Gasteiger partial charge on any atom is -0.493 e. The lowest BCUT2D eigenvalue weighted by atomic mass is 9.79. The zero-order valence-corrected chi connectivity index (χ0v) is 15.7. The first kappa shape index (κ1) is 22.4. The quantitative estimate of drug-likeness (QED) is 0.709. The van der Waals surface area contributed by atoms with E-state index in [1.807, 2.05) is 0 Å². The second-order valence-electron chi connectivity index (χ2n) is 6.11. The molecular weight excluding hydrogens is 370 g/mol. The van der Waals surface area contributed by atoms with E-state index in [4.69, 9.17) is 9.47 Å². The monoisotopic (exact) mass is 394 g/mol. The molecule has 1 aliphatic rings. The molecule has 1 saturated heterocycles. The maximum Gasteiger partial charge on any atom is 0.387 e. The van der Waals surface area contributed by atoms with E-state index in [0.717, 1.165) is 25.9 Å². The highest BCUT2D eigenvalue weighted by atomic mass is 35.5. The Bertz CT molecular complexity index is 578. The van der Waals surface area contributed by atoms with Crippen molar-refractivity contribution in [1.82, 2.24) is 10.6 Å². The SMILES string of the molecule is COCC1(CNC(=O)c2ccc(OC(F)F)c(OC)c2)CCNCC1.Cl. The van der Waals surface area contributed by atoms with E-state index in [9.17, 15) is 13.6 Å². The maximum absolute atomic E-state index is 12.4. The highest BCUT2D eigenvalue weighted by Gasteiger charge is 2.32. The molecule has 6 nitrogen and oxygen atoms in total. The first-order valence-corrected chi connectivity index (χ1v) is 8.10. The zero-order chi connectivity index (χ0) is 18.3. The molecule has 148 valence electrons. The summed E-state index contributed by atoms with van der Waals surface area (Å²) >= 11 is 0. The van der Waals surface area contributed by atoms with Crippen LogP contribution in [0.25, 0.3) is 0 Å². The zero-order valence-electron chi connectivity index (χ0n) is 14.8. The van der Waals surface area contributed by atoms with Gasteiger partial charge in [0, 0.05) is 24.6 Å². The highest BCUT2D eigenvalue weighted by molar-refractivity contribution is 5.94. The topological polar surface area (TPSA) is 68.8 Å². The van der Waals surface area contributed by atoms with Crippen LogP contribution in [0, 0.1) is 5.41 Å². The third kappa shape index (κ3) is 5.96. The third-order valence-corrected chi connectivity index (χ3v) is 4.38. The number of rotatable bonds is 8. The van der Waals surface area contributed by atoms with Crippen LogP contribution in [0.1, 0.15) is 23.2 Å². The molecule has 0 bridgehead atoms. The van der Waals surface area contributed by atoms with Crippen LogP contribution in [0.15, 0.2) is 18.2 Å². The molecule has 0 radical (unpaired) electrons. The Labute approximate surface area is 158 Å². The first-order chi connectivity index (χ1) is 12.0. The Hall–Kier alpha value is -1.64. The van der Waals surface area contributed by atoms with Gasteiger partial charge in [0.2, 0.25) is 0 Å². The van der Waals surface area contributed by atoms with Crippen molar-refractivity contribution in [2.45, 2.75) is 19.5 Å². The van der Waals surface area contributed by atoms with E-state index in [0.29, 0.717) is 18.7 Å². The van der Waals surface area contributed by atoms with E-state index in [1.165, 1.54) is 25.3 Å². The van der Waals surface area contributed by atoms with Crippen LogP contribution in [0.2, 0.25) is 0 Å². The van der Waals surface area contributed by atoms with Gasteiger partial charge in [-0.1, -0.05) is 0 Å². The number of benzene rings is 1. The summed E-state index contributed by atoms with van der Waals surface area (Å²) in [6, 6.07) is 4.12. The number of amides is 1. The molecular formula is C17H25ClF2N2O4. The Kier molecular flexibility index (Phi) is 9.04. The molecule has 1 aromatic rings. The summed E-state index contributed by atoms with van der Waals surface area (Å²) in [6.45, 7) is -0.139. The minimum absolute atomic E-state index is 0. The lowest BCUT2D eigenvalue weighted by Crippen LogP contribution is -2.47. The Balaban J connectivity index is 0.00000338. The van der Waals surface area contributed by atoms with Gasteiger partial charge in [-0.2, -0.15) is 8.78 Å². The van der Waals surface area contributed by atoms with Gasteiger partial charge in [0.05, 0.1) is 13.7 Å². The molecule has 1 amide bonds. The van der Waals surface area contributed by atoms with E-state index < -0.39 is 6.61 Å². The van der Waals surface area contributed by atoms with Crippen molar-refractivity contribution < 1.29 is 27.8 Å². The molecule has 26 heavy (non-hydrogen) atoms. The van der Waals surface area contributed by atoms with Crippen LogP contribution in [0.3, 0.4) is 0 Å². The summed E-state index contributed by atoms with van der Waals surface area (Å²) in [5.41, 5.74) is 0.221. The van der Waals surface area contributed by atoms with E-state index in [2.05, 4.69) is 15.4 Å². The van der Waals surface area contributed by atoms with Crippen LogP contribution in [0.4, 0.5) is 8.78 Å². The molecule has 1 aromatic carbocycles. The van der Waals surface area contributed by atoms with Gasteiger partial charge in [-0.15, -0.1) is 12.4 Å². The number of hydrogen-bond donors (Lipinski definition) is 2. The van der Waals surface area contributed by atoms with Crippen molar-refractivity contribution in [2.24, 2.45) is 5.41 Å². The van der Waals surface area contributed by atoms with E-state index in [-0.39, 0.29) is 35.2 Å². The number of hydrogen-bond acceptors (Lipinski definition) is 5. The molecule has 0 aliphatic carbocycles. The molecule has 2 N–H and O–H groups in total. The fourth-order valence-electron chi connectivity index (χ4n) is 3.01. The van der Waals surface area contributed by atoms with Gasteiger partial charge in [0.1, 0.15) is 0 Å². The van der Waals surface area contributed by atoms with Crippen LogP contribution in [-0.2, 0) is 4.74 Å². The lowest BCUT2D eigenvalue weighted by Gasteiger charge is -2.37. The Morgan fingerprint density at radius 3 is 2.54 bits per heavy atom. The van der Waals surface area contributed by atoms with Gasteiger partial charge in [-0.3, -0.25) is 4.79 Å². The number of carbonyl (C=O) groups excluding carboxylic acids is 1. The van der Waals surface area contributed by atoms with Crippen molar-refractivity contribution >= 4 is 18.3 Å². The number of nitrogens with one attached hydrogen (secondary N) is 2. The number of ether oxygens (including phenoxy) is 3. The van der Waals surface area contributed by atoms with Crippen molar-refractivity contribution in [1.29, 1.82) is 0 Å². The lowest BCUT2D eigenvalue weighted by molar-refractivity contribution is -0.0512. The summed E-state index contributed by atoms with van der Waals surface area (Å²) < 4.78 is 39.4. The average Bonchev–Trinajstić information content (AvgIpc) is 2.60. The van der Waals surface area contributed by atoms with Crippen molar-refractivity contribution in [2.75, 3.05) is 40.5 Å². The summed E-state index contributed by atoms with van der Waals surface area (Å²) in [5, 5.41) is 6.21. The predicted octanol–water partition coefficient (Wildman–Crippen LogP) is 2.46. The van der Waals surface area contributed by atoms with Gasteiger partial charge >= 0.3 is 6.61 Å². The van der Waals surface area contributed by atoms with Gasteiger partial charge in [-0.25, -0.2) is 0 Å². The van der Waals surface area contributed by atoms with Crippen molar-refractivity contribution in [3.05, 3.63) is 23.8 Å². The number of piperidine rings is 1.